The average molecular weight is 492 g/mol. The molecule has 0 spiro atoms. The molecule has 5 atom stereocenters. The fourth-order valence-electron chi connectivity index (χ4n) is 3.36. The molecule has 2 aromatic carbocycles. The second kappa shape index (κ2) is 11.9. The van der Waals surface area contributed by atoms with E-state index in [4.69, 9.17) is 23.7 Å². The molecule has 2 aromatic rings. The Labute approximate surface area is 201 Å². The van der Waals surface area contributed by atoms with Crippen molar-refractivity contribution in [3.05, 3.63) is 53.6 Å². The minimum atomic E-state index is -1.64. The molecule has 1 aliphatic heterocycles. The molecule has 11 nitrogen and oxygen atoms in total. The van der Waals surface area contributed by atoms with Gasteiger partial charge in [-0.25, -0.2) is 4.79 Å². The van der Waals surface area contributed by atoms with Crippen molar-refractivity contribution in [2.75, 3.05) is 20.8 Å². The van der Waals surface area contributed by atoms with E-state index in [0.29, 0.717) is 11.1 Å². The third-order valence-electron chi connectivity index (χ3n) is 5.33. The number of ether oxygens (including phenoxy) is 5. The van der Waals surface area contributed by atoms with Gasteiger partial charge in [0.2, 0.25) is 6.29 Å². The maximum absolute atomic E-state index is 12.1. The molecule has 1 saturated heterocycles. The number of esters is 1. The van der Waals surface area contributed by atoms with Crippen LogP contribution in [0.1, 0.15) is 11.1 Å². The molecule has 0 bridgehead atoms. The number of rotatable bonds is 9. The lowest BCUT2D eigenvalue weighted by molar-refractivity contribution is -0.278. The average Bonchev–Trinajstić information content (AvgIpc) is 2.87. The first-order valence-corrected chi connectivity index (χ1v) is 10.6. The highest BCUT2D eigenvalue weighted by atomic mass is 16.7. The standard InChI is InChI=1S/C24H28O11/c1-31-17-9-13(3-6-15(17)26)5-8-20(27)33-12-19-21(28)22(29)23(30)24(35-19)34-16-7-4-14(11-25)10-18(16)32-2/h3-10,19,21-26,28-30H,11-12H2,1-2H3/b8-5+/t19-,21-,22+,23-,24-/m1/s1. The Balaban J connectivity index is 1.63. The van der Waals surface area contributed by atoms with Crippen LogP contribution in [-0.4, -0.2) is 83.0 Å². The molecule has 0 saturated carbocycles. The summed E-state index contributed by atoms with van der Waals surface area (Å²) < 4.78 is 26.6. The molecule has 3 rings (SSSR count). The van der Waals surface area contributed by atoms with Crippen molar-refractivity contribution >= 4 is 12.0 Å². The maximum Gasteiger partial charge on any atom is 0.330 e. The number of hydrogen-bond donors (Lipinski definition) is 5. The van der Waals surface area contributed by atoms with Gasteiger partial charge in [-0.1, -0.05) is 12.1 Å². The molecule has 1 heterocycles. The third kappa shape index (κ3) is 6.41. The van der Waals surface area contributed by atoms with Crippen molar-refractivity contribution in [1.29, 1.82) is 0 Å². The van der Waals surface area contributed by atoms with Gasteiger partial charge in [0, 0.05) is 6.08 Å². The van der Waals surface area contributed by atoms with Crippen LogP contribution in [0.2, 0.25) is 0 Å². The summed E-state index contributed by atoms with van der Waals surface area (Å²) in [5.41, 5.74) is 1.14. The summed E-state index contributed by atoms with van der Waals surface area (Å²) in [7, 11) is 2.79. The van der Waals surface area contributed by atoms with E-state index in [0.717, 1.165) is 6.08 Å². The zero-order valence-electron chi connectivity index (χ0n) is 19.1. The third-order valence-corrected chi connectivity index (χ3v) is 5.33. The molecule has 0 amide bonds. The SMILES string of the molecule is COc1cc(/C=C/C(=O)OC[C@H]2O[C@@H](Oc3ccc(CO)cc3OC)[C@H](O)[C@@H](O)[C@@H]2O)ccc1O. The molecule has 1 aliphatic rings. The largest absolute Gasteiger partial charge is 0.504 e. The van der Waals surface area contributed by atoms with Crippen LogP contribution in [0.5, 0.6) is 23.0 Å². The zero-order valence-corrected chi connectivity index (χ0v) is 19.1. The molecular formula is C24H28O11. The number of aromatic hydroxyl groups is 1. The zero-order chi connectivity index (χ0) is 25.5. The first kappa shape index (κ1) is 26.3. The number of hydrogen-bond acceptors (Lipinski definition) is 11. The maximum atomic E-state index is 12.1. The van der Waals surface area contributed by atoms with Crippen molar-refractivity contribution < 1.29 is 54.0 Å². The van der Waals surface area contributed by atoms with Gasteiger partial charge in [-0.2, -0.15) is 0 Å². The fraction of sp³-hybridized carbons (Fsp3) is 0.375. The number of phenols is 1. The molecule has 190 valence electrons. The van der Waals surface area contributed by atoms with E-state index in [1.165, 1.54) is 44.6 Å². The summed E-state index contributed by atoms with van der Waals surface area (Å²) >= 11 is 0. The van der Waals surface area contributed by atoms with Crippen molar-refractivity contribution in [2.24, 2.45) is 0 Å². The van der Waals surface area contributed by atoms with Gasteiger partial charge in [-0.05, 0) is 41.5 Å². The van der Waals surface area contributed by atoms with Crippen LogP contribution in [0.25, 0.3) is 6.08 Å². The second-order valence-corrected chi connectivity index (χ2v) is 7.67. The Bertz CT molecular complexity index is 1040. The minimum Gasteiger partial charge on any atom is -0.504 e. The van der Waals surface area contributed by atoms with E-state index >= 15 is 0 Å². The van der Waals surface area contributed by atoms with E-state index in [1.54, 1.807) is 12.1 Å². The predicted molar refractivity (Wildman–Crippen MR) is 121 cm³/mol. The van der Waals surface area contributed by atoms with Gasteiger partial charge in [0.15, 0.2) is 23.0 Å². The highest BCUT2D eigenvalue weighted by Crippen LogP contribution is 2.32. The number of aliphatic hydroxyl groups excluding tert-OH is 4. The quantitative estimate of drug-likeness (QED) is 0.242. The number of carbonyl (C=O) groups excluding carboxylic acids is 1. The summed E-state index contributed by atoms with van der Waals surface area (Å²) in [5.74, 6) is -0.143. The summed E-state index contributed by atoms with van der Waals surface area (Å²) in [5, 5.41) is 49.7. The number of methoxy groups -OCH3 is 2. The smallest absolute Gasteiger partial charge is 0.330 e. The second-order valence-electron chi connectivity index (χ2n) is 7.67. The van der Waals surface area contributed by atoms with Gasteiger partial charge >= 0.3 is 5.97 Å². The van der Waals surface area contributed by atoms with Gasteiger partial charge < -0.3 is 49.2 Å². The van der Waals surface area contributed by atoms with Crippen molar-refractivity contribution in [2.45, 2.75) is 37.3 Å². The van der Waals surface area contributed by atoms with Gasteiger partial charge in [0.05, 0.1) is 20.8 Å². The number of carbonyl (C=O) groups is 1. The Morgan fingerprint density at radius 3 is 2.40 bits per heavy atom. The first-order valence-electron chi connectivity index (χ1n) is 10.6. The Morgan fingerprint density at radius 2 is 1.71 bits per heavy atom. The van der Waals surface area contributed by atoms with E-state index in [-0.39, 0.29) is 29.6 Å². The van der Waals surface area contributed by atoms with Crippen LogP contribution >= 0.6 is 0 Å². The topological polar surface area (TPSA) is 164 Å². The van der Waals surface area contributed by atoms with Crippen LogP contribution in [0.3, 0.4) is 0 Å². The molecular weight excluding hydrogens is 464 g/mol. The highest BCUT2D eigenvalue weighted by molar-refractivity contribution is 5.87. The molecule has 1 fully saturated rings. The van der Waals surface area contributed by atoms with Gasteiger partial charge in [-0.15, -0.1) is 0 Å². The van der Waals surface area contributed by atoms with Crippen LogP contribution < -0.4 is 14.2 Å². The Hall–Kier alpha value is -3.35. The van der Waals surface area contributed by atoms with Crippen LogP contribution in [0.15, 0.2) is 42.5 Å². The van der Waals surface area contributed by atoms with E-state index in [9.17, 15) is 30.3 Å². The molecule has 11 heteroatoms. The number of phenolic OH excluding ortho intramolecular Hbond substituents is 1. The van der Waals surface area contributed by atoms with Gasteiger partial charge in [-0.3, -0.25) is 0 Å². The van der Waals surface area contributed by atoms with E-state index in [1.807, 2.05) is 0 Å². The number of aliphatic hydroxyl groups is 4. The predicted octanol–water partition coefficient (Wildman–Crippen LogP) is 0.345. The van der Waals surface area contributed by atoms with Crippen molar-refractivity contribution in [3.63, 3.8) is 0 Å². The summed E-state index contributed by atoms with van der Waals surface area (Å²) in [6, 6.07) is 9.11. The van der Waals surface area contributed by atoms with E-state index in [2.05, 4.69) is 0 Å². The van der Waals surface area contributed by atoms with E-state index < -0.39 is 43.3 Å². The summed E-state index contributed by atoms with van der Waals surface area (Å²) in [6.45, 7) is -0.653. The molecule has 5 N–H and O–H groups in total. The van der Waals surface area contributed by atoms with Crippen molar-refractivity contribution in [3.8, 4) is 23.0 Å². The van der Waals surface area contributed by atoms with Crippen LogP contribution in [0.4, 0.5) is 0 Å². The normalized spacial score (nSPS) is 24.2. The number of benzene rings is 2. The fourth-order valence-corrected chi connectivity index (χ4v) is 3.36. The highest BCUT2D eigenvalue weighted by Gasteiger charge is 2.45. The Kier molecular flexibility index (Phi) is 8.90. The molecule has 0 radical (unpaired) electrons. The van der Waals surface area contributed by atoms with Crippen LogP contribution in [0, 0.1) is 0 Å². The molecule has 0 unspecified atom stereocenters. The summed E-state index contributed by atoms with van der Waals surface area (Å²) in [4.78, 5) is 12.1. The monoisotopic (exact) mass is 492 g/mol. The lowest BCUT2D eigenvalue weighted by Crippen LogP contribution is -2.60. The Morgan fingerprint density at radius 1 is 0.971 bits per heavy atom. The molecule has 0 aliphatic carbocycles. The van der Waals surface area contributed by atoms with Gasteiger partial charge in [0.1, 0.15) is 31.0 Å². The van der Waals surface area contributed by atoms with Crippen LogP contribution in [-0.2, 0) is 20.9 Å². The lowest BCUT2D eigenvalue weighted by Gasteiger charge is -2.40. The van der Waals surface area contributed by atoms with Gasteiger partial charge in [0.25, 0.3) is 0 Å². The molecule has 35 heavy (non-hydrogen) atoms. The summed E-state index contributed by atoms with van der Waals surface area (Å²) in [6.07, 6.45) is -4.84. The van der Waals surface area contributed by atoms with Crippen molar-refractivity contribution in [1.82, 2.24) is 0 Å². The minimum absolute atomic E-state index is 0.0462. The lowest BCUT2D eigenvalue weighted by atomic mass is 9.99. The first-order chi connectivity index (χ1) is 16.8. The molecule has 0 aromatic heterocycles.